The maximum atomic E-state index is 13.4. The van der Waals surface area contributed by atoms with Crippen LogP contribution in [0.3, 0.4) is 0 Å². The number of carbonyl (C=O) groups excluding carboxylic acids is 2. The molecule has 1 heterocycles. The molecule has 0 spiro atoms. The van der Waals surface area contributed by atoms with Crippen molar-refractivity contribution < 1.29 is 9.59 Å². The van der Waals surface area contributed by atoms with Gasteiger partial charge in [0.15, 0.2) is 0 Å². The Balaban J connectivity index is 1.23. The highest BCUT2D eigenvalue weighted by molar-refractivity contribution is 5.98. The third-order valence-corrected chi connectivity index (χ3v) is 8.13. The molecule has 2 aromatic carbocycles. The first kappa shape index (κ1) is 23.9. The molecule has 0 radical (unpaired) electrons. The zero-order chi connectivity index (χ0) is 24.4. The van der Waals surface area contributed by atoms with Gasteiger partial charge in [0.05, 0.1) is 0 Å². The fraction of sp³-hybridized carbons (Fsp3) is 0.517. The minimum absolute atomic E-state index is 0.0198. The number of likely N-dealkylation sites (tertiary alicyclic amines) is 1. The van der Waals surface area contributed by atoms with E-state index in [1.54, 1.807) is 21.6 Å². The first-order valence-electron chi connectivity index (χ1n) is 13.3. The van der Waals surface area contributed by atoms with Crippen molar-refractivity contribution in [3.05, 3.63) is 64.7 Å². The number of piperidine rings is 1. The van der Waals surface area contributed by atoms with Crippen molar-refractivity contribution in [1.82, 2.24) is 15.5 Å². The van der Waals surface area contributed by atoms with Gasteiger partial charge < -0.3 is 10.6 Å². The molecule has 3 amide bonds. The molecule has 0 saturated carbocycles. The standard InChI is InChI=1S/C29H38N4O2/c1-3-30-27(34)19-33(25-13-5-4-8-20(25)2)29(35)31-23-14-16-32(17-15-23)26-18-22-11-6-9-21-10-7-12-24(26)28(21)22/h4-5,7-8,10,12-13,22-23,26H,3,6,9,11,14-19H2,1-2H3,(H,30,34)(H,31,35). The Hall–Kier alpha value is -2.86. The second-order valence-corrected chi connectivity index (χ2v) is 10.3. The summed E-state index contributed by atoms with van der Waals surface area (Å²) in [7, 11) is 0. The predicted octanol–water partition coefficient (Wildman–Crippen LogP) is 4.68. The van der Waals surface area contributed by atoms with Gasteiger partial charge in [-0.25, -0.2) is 4.79 Å². The Labute approximate surface area is 209 Å². The summed E-state index contributed by atoms with van der Waals surface area (Å²) < 4.78 is 0. The number of hydrogen-bond donors (Lipinski definition) is 2. The molecule has 5 rings (SSSR count). The summed E-state index contributed by atoms with van der Waals surface area (Å²) in [5.41, 5.74) is 6.55. The van der Waals surface area contributed by atoms with Gasteiger partial charge in [-0.15, -0.1) is 0 Å². The number of hydrogen-bond acceptors (Lipinski definition) is 3. The number of aryl methyl sites for hydroxylation is 2. The van der Waals surface area contributed by atoms with Crippen molar-refractivity contribution in [3.8, 4) is 0 Å². The molecule has 35 heavy (non-hydrogen) atoms. The average molecular weight is 475 g/mol. The van der Waals surface area contributed by atoms with Crippen LogP contribution >= 0.6 is 0 Å². The molecule has 2 aliphatic carbocycles. The number of anilines is 1. The summed E-state index contributed by atoms with van der Waals surface area (Å²) in [4.78, 5) is 29.9. The molecular formula is C29H38N4O2. The highest BCUT2D eigenvalue weighted by atomic mass is 16.2. The van der Waals surface area contributed by atoms with Crippen LogP contribution in [-0.2, 0) is 11.2 Å². The molecule has 0 aromatic heterocycles. The smallest absolute Gasteiger partial charge is 0.322 e. The number of likely N-dealkylation sites (N-methyl/N-ethyl adjacent to an activating group) is 1. The number of rotatable bonds is 6. The molecule has 2 unspecified atom stereocenters. The summed E-state index contributed by atoms with van der Waals surface area (Å²) in [6.07, 6.45) is 6.99. The summed E-state index contributed by atoms with van der Waals surface area (Å²) in [5.74, 6) is 0.584. The van der Waals surface area contributed by atoms with Gasteiger partial charge in [-0.3, -0.25) is 14.6 Å². The third-order valence-electron chi connectivity index (χ3n) is 8.13. The van der Waals surface area contributed by atoms with Crippen molar-refractivity contribution in [2.75, 3.05) is 31.1 Å². The van der Waals surface area contributed by atoms with Crippen LogP contribution in [0, 0.1) is 6.92 Å². The lowest BCUT2D eigenvalue weighted by Crippen LogP contribution is -2.52. The molecule has 2 atom stereocenters. The van der Waals surface area contributed by atoms with E-state index in [1.807, 2.05) is 38.1 Å². The van der Waals surface area contributed by atoms with E-state index >= 15 is 0 Å². The van der Waals surface area contributed by atoms with E-state index in [-0.39, 0.29) is 24.5 Å². The molecule has 1 aliphatic heterocycles. The molecule has 2 aromatic rings. The van der Waals surface area contributed by atoms with Gasteiger partial charge in [0.25, 0.3) is 0 Å². The molecule has 2 N–H and O–H groups in total. The van der Waals surface area contributed by atoms with Crippen molar-refractivity contribution in [2.24, 2.45) is 0 Å². The fourth-order valence-electron chi connectivity index (χ4n) is 6.44. The first-order valence-corrected chi connectivity index (χ1v) is 13.3. The maximum absolute atomic E-state index is 13.4. The van der Waals surface area contributed by atoms with Gasteiger partial charge in [0, 0.05) is 37.4 Å². The van der Waals surface area contributed by atoms with Gasteiger partial charge in [-0.1, -0.05) is 36.4 Å². The van der Waals surface area contributed by atoms with Gasteiger partial charge in [-0.2, -0.15) is 0 Å². The molecule has 186 valence electrons. The molecule has 1 saturated heterocycles. The summed E-state index contributed by atoms with van der Waals surface area (Å²) in [6.45, 7) is 6.42. The summed E-state index contributed by atoms with van der Waals surface area (Å²) in [5, 5.41) is 6.06. The normalized spacial score (nSPS) is 21.9. The van der Waals surface area contributed by atoms with Crippen molar-refractivity contribution in [2.45, 2.75) is 70.4 Å². The largest absolute Gasteiger partial charge is 0.355 e. The Morgan fingerprint density at radius 1 is 1.06 bits per heavy atom. The van der Waals surface area contributed by atoms with E-state index in [2.05, 4.69) is 33.7 Å². The fourth-order valence-corrected chi connectivity index (χ4v) is 6.44. The summed E-state index contributed by atoms with van der Waals surface area (Å²) >= 11 is 0. The highest BCUT2D eigenvalue weighted by Gasteiger charge is 2.38. The number of benzene rings is 2. The van der Waals surface area contributed by atoms with Crippen LogP contribution in [0.25, 0.3) is 0 Å². The third kappa shape index (κ3) is 4.94. The average Bonchev–Trinajstić information content (AvgIpc) is 3.24. The topological polar surface area (TPSA) is 64.7 Å². The van der Waals surface area contributed by atoms with E-state index < -0.39 is 0 Å². The monoisotopic (exact) mass is 474 g/mol. The van der Waals surface area contributed by atoms with Crippen LogP contribution < -0.4 is 15.5 Å². The van der Waals surface area contributed by atoms with E-state index in [9.17, 15) is 9.59 Å². The van der Waals surface area contributed by atoms with E-state index in [4.69, 9.17) is 0 Å². The lowest BCUT2D eigenvalue weighted by Gasteiger charge is -2.37. The molecule has 6 nitrogen and oxygen atoms in total. The highest BCUT2D eigenvalue weighted by Crippen LogP contribution is 2.50. The second-order valence-electron chi connectivity index (χ2n) is 10.3. The van der Waals surface area contributed by atoms with E-state index in [0.717, 1.165) is 43.1 Å². The Bertz CT molecular complexity index is 1080. The molecule has 0 bridgehead atoms. The SMILES string of the molecule is CCNC(=O)CN(C(=O)NC1CCN(C2CC3CCCc4cccc2c43)CC1)c1ccccc1C. The van der Waals surface area contributed by atoms with Gasteiger partial charge in [0.1, 0.15) is 6.54 Å². The quantitative estimate of drug-likeness (QED) is 0.639. The van der Waals surface area contributed by atoms with Crippen LogP contribution in [0.5, 0.6) is 0 Å². The molecule has 3 aliphatic rings. The van der Waals surface area contributed by atoms with Crippen molar-refractivity contribution in [3.63, 3.8) is 0 Å². The van der Waals surface area contributed by atoms with Gasteiger partial charge >= 0.3 is 6.03 Å². The van der Waals surface area contributed by atoms with Crippen LogP contribution in [0.15, 0.2) is 42.5 Å². The molecular weight excluding hydrogens is 436 g/mol. The van der Waals surface area contributed by atoms with Crippen LogP contribution in [-0.4, -0.2) is 49.1 Å². The number of para-hydroxylation sites is 1. The minimum Gasteiger partial charge on any atom is -0.355 e. The number of urea groups is 1. The predicted molar refractivity (Wildman–Crippen MR) is 140 cm³/mol. The first-order chi connectivity index (χ1) is 17.0. The maximum Gasteiger partial charge on any atom is 0.322 e. The zero-order valence-corrected chi connectivity index (χ0v) is 21.1. The lowest BCUT2D eigenvalue weighted by molar-refractivity contribution is -0.119. The number of amides is 3. The molecule has 6 heteroatoms. The van der Waals surface area contributed by atoms with Crippen LogP contribution in [0.2, 0.25) is 0 Å². The zero-order valence-electron chi connectivity index (χ0n) is 21.1. The minimum atomic E-state index is -0.189. The van der Waals surface area contributed by atoms with E-state index in [1.165, 1.54) is 25.7 Å². The Morgan fingerprint density at radius 3 is 2.63 bits per heavy atom. The number of nitrogens with zero attached hydrogens (tertiary/aromatic N) is 2. The molecule has 1 fully saturated rings. The Kier molecular flexibility index (Phi) is 7.09. The summed E-state index contributed by atoms with van der Waals surface area (Å²) in [6, 6.07) is 15.1. The van der Waals surface area contributed by atoms with Gasteiger partial charge in [-0.05, 0) is 86.6 Å². The second kappa shape index (κ2) is 10.4. The van der Waals surface area contributed by atoms with Gasteiger partial charge in [0.2, 0.25) is 5.91 Å². The van der Waals surface area contributed by atoms with Crippen LogP contribution in [0.1, 0.15) is 73.2 Å². The number of nitrogens with one attached hydrogen (secondary N) is 2. The van der Waals surface area contributed by atoms with E-state index in [0.29, 0.717) is 12.6 Å². The lowest BCUT2D eigenvalue weighted by atomic mass is 9.84. The number of carbonyl (C=O) groups is 2. The van der Waals surface area contributed by atoms with Crippen LogP contribution in [0.4, 0.5) is 10.5 Å². The van der Waals surface area contributed by atoms with Crippen molar-refractivity contribution in [1.29, 1.82) is 0 Å². The Morgan fingerprint density at radius 2 is 1.86 bits per heavy atom. The van der Waals surface area contributed by atoms with Crippen molar-refractivity contribution >= 4 is 17.6 Å².